The third kappa shape index (κ3) is 4.78. The van der Waals surface area contributed by atoms with Gasteiger partial charge in [-0.2, -0.15) is 0 Å². The molecule has 1 N–H and O–H groups in total. The van der Waals surface area contributed by atoms with E-state index in [-0.39, 0.29) is 0 Å². The zero-order valence-electron chi connectivity index (χ0n) is 11.7. The number of para-hydroxylation sites is 1. The fraction of sp³-hybridized carbons (Fsp3) is 0.600. The summed E-state index contributed by atoms with van der Waals surface area (Å²) in [6.07, 6.45) is 2.37. The Morgan fingerprint density at radius 2 is 1.82 bits per heavy atom. The summed E-state index contributed by atoms with van der Waals surface area (Å²) in [6.45, 7) is 9.03. The molecule has 0 aliphatic carbocycles. The maximum absolute atomic E-state index is 3.44. The van der Waals surface area contributed by atoms with Gasteiger partial charge in [-0.1, -0.05) is 25.1 Å². The van der Waals surface area contributed by atoms with E-state index in [1.165, 1.54) is 18.5 Å². The first-order valence-corrected chi connectivity index (χ1v) is 6.56. The van der Waals surface area contributed by atoms with Crippen LogP contribution in [0.4, 0.5) is 5.69 Å². The fourth-order valence-electron chi connectivity index (χ4n) is 1.68. The van der Waals surface area contributed by atoms with Crippen LogP contribution < -0.4 is 5.32 Å². The van der Waals surface area contributed by atoms with E-state index in [9.17, 15) is 0 Å². The molecule has 1 aromatic rings. The molecule has 0 spiro atoms. The molecule has 0 atom stereocenters. The van der Waals surface area contributed by atoms with E-state index in [2.05, 4.69) is 62.3 Å². The van der Waals surface area contributed by atoms with E-state index in [1.54, 1.807) is 0 Å². The number of nitrogens with zero attached hydrogens (tertiary/aromatic N) is 1. The molecule has 2 heteroatoms. The van der Waals surface area contributed by atoms with Crippen LogP contribution in [0.1, 0.15) is 33.6 Å². The monoisotopic (exact) mass is 234 g/mol. The van der Waals surface area contributed by atoms with Crippen molar-refractivity contribution in [2.24, 2.45) is 0 Å². The van der Waals surface area contributed by atoms with Crippen molar-refractivity contribution < 1.29 is 0 Å². The van der Waals surface area contributed by atoms with E-state index < -0.39 is 0 Å². The summed E-state index contributed by atoms with van der Waals surface area (Å²) in [5, 5.41) is 3.44. The third-order valence-electron chi connectivity index (χ3n) is 3.67. The van der Waals surface area contributed by atoms with Gasteiger partial charge in [0.2, 0.25) is 0 Å². The maximum atomic E-state index is 3.44. The zero-order chi connectivity index (χ0) is 12.7. The van der Waals surface area contributed by atoms with Gasteiger partial charge in [-0.05, 0) is 45.9 Å². The lowest BCUT2D eigenvalue weighted by atomic mass is 10.00. The van der Waals surface area contributed by atoms with Gasteiger partial charge in [-0.25, -0.2) is 0 Å². The molecule has 0 radical (unpaired) electrons. The van der Waals surface area contributed by atoms with Crippen LogP contribution in [0.15, 0.2) is 30.3 Å². The molecule has 0 saturated carbocycles. The first-order chi connectivity index (χ1) is 8.06. The van der Waals surface area contributed by atoms with E-state index >= 15 is 0 Å². The molecule has 0 aliphatic rings. The second-order valence-electron chi connectivity index (χ2n) is 5.23. The Kier molecular flexibility index (Phi) is 5.49. The van der Waals surface area contributed by atoms with Crippen molar-refractivity contribution in [3.8, 4) is 0 Å². The average Bonchev–Trinajstić information content (AvgIpc) is 2.35. The van der Waals surface area contributed by atoms with Gasteiger partial charge < -0.3 is 10.2 Å². The SMILES string of the molecule is CCC(C)(C)N(C)CCCNc1ccccc1. The van der Waals surface area contributed by atoms with E-state index in [0.29, 0.717) is 5.54 Å². The van der Waals surface area contributed by atoms with E-state index in [0.717, 1.165) is 13.1 Å². The van der Waals surface area contributed by atoms with Gasteiger partial charge in [0, 0.05) is 24.3 Å². The van der Waals surface area contributed by atoms with Gasteiger partial charge in [0.05, 0.1) is 0 Å². The second-order valence-corrected chi connectivity index (χ2v) is 5.23. The van der Waals surface area contributed by atoms with Crippen molar-refractivity contribution in [2.45, 2.75) is 39.2 Å². The Labute approximate surface area is 106 Å². The van der Waals surface area contributed by atoms with Crippen LogP contribution in [0, 0.1) is 0 Å². The van der Waals surface area contributed by atoms with Crippen molar-refractivity contribution in [3.63, 3.8) is 0 Å². The molecule has 0 aliphatic heterocycles. The van der Waals surface area contributed by atoms with E-state index in [1.807, 2.05) is 6.07 Å². The molecule has 2 nitrogen and oxygen atoms in total. The molecule has 0 saturated heterocycles. The molecule has 0 heterocycles. The quantitative estimate of drug-likeness (QED) is 0.725. The van der Waals surface area contributed by atoms with Gasteiger partial charge >= 0.3 is 0 Å². The molecule has 1 aromatic carbocycles. The standard InChI is InChI=1S/C15H26N2/c1-5-15(2,3)17(4)13-9-12-16-14-10-7-6-8-11-14/h6-8,10-11,16H,5,9,12-13H2,1-4H3. The predicted molar refractivity (Wildman–Crippen MR) is 76.5 cm³/mol. The molecular weight excluding hydrogens is 208 g/mol. The summed E-state index contributed by atoms with van der Waals surface area (Å²) < 4.78 is 0. The number of hydrogen-bond acceptors (Lipinski definition) is 2. The van der Waals surface area contributed by atoms with Crippen molar-refractivity contribution >= 4 is 5.69 Å². The lowest BCUT2D eigenvalue weighted by Crippen LogP contribution is -2.41. The summed E-state index contributed by atoms with van der Waals surface area (Å²) in [5.74, 6) is 0. The maximum Gasteiger partial charge on any atom is 0.0340 e. The molecule has 0 unspecified atom stereocenters. The van der Waals surface area contributed by atoms with Crippen LogP contribution >= 0.6 is 0 Å². The van der Waals surface area contributed by atoms with E-state index in [4.69, 9.17) is 0 Å². The lowest BCUT2D eigenvalue weighted by molar-refractivity contribution is 0.151. The minimum absolute atomic E-state index is 0.312. The van der Waals surface area contributed by atoms with Crippen LogP contribution in [0.25, 0.3) is 0 Å². The van der Waals surface area contributed by atoms with Crippen LogP contribution in [0.5, 0.6) is 0 Å². The summed E-state index contributed by atoms with van der Waals surface area (Å²) in [5.41, 5.74) is 1.53. The molecule has 0 bridgehead atoms. The Hall–Kier alpha value is -1.02. The van der Waals surface area contributed by atoms with Gasteiger partial charge in [0.25, 0.3) is 0 Å². The number of nitrogens with one attached hydrogen (secondary N) is 1. The normalized spacial score (nSPS) is 11.8. The minimum Gasteiger partial charge on any atom is -0.385 e. The molecular formula is C15H26N2. The van der Waals surface area contributed by atoms with Gasteiger partial charge in [-0.15, -0.1) is 0 Å². The number of anilines is 1. The molecule has 96 valence electrons. The van der Waals surface area contributed by atoms with Crippen molar-refractivity contribution in [3.05, 3.63) is 30.3 Å². The number of rotatable bonds is 7. The third-order valence-corrected chi connectivity index (χ3v) is 3.67. The van der Waals surface area contributed by atoms with Crippen molar-refractivity contribution in [2.75, 3.05) is 25.5 Å². The Balaban J connectivity index is 2.21. The first-order valence-electron chi connectivity index (χ1n) is 6.56. The smallest absolute Gasteiger partial charge is 0.0340 e. The number of benzene rings is 1. The largest absolute Gasteiger partial charge is 0.385 e. The number of hydrogen-bond donors (Lipinski definition) is 1. The lowest BCUT2D eigenvalue weighted by Gasteiger charge is -2.34. The highest BCUT2D eigenvalue weighted by Gasteiger charge is 2.19. The Bertz CT molecular complexity index is 306. The highest BCUT2D eigenvalue weighted by molar-refractivity contribution is 5.42. The summed E-state index contributed by atoms with van der Waals surface area (Å²) in [7, 11) is 2.21. The zero-order valence-corrected chi connectivity index (χ0v) is 11.7. The topological polar surface area (TPSA) is 15.3 Å². The highest BCUT2D eigenvalue weighted by atomic mass is 15.2. The Morgan fingerprint density at radius 1 is 1.18 bits per heavy atom. The van der Waals surface area contributed by atoms with Gasteiger partial charge in [0.15, 0.2) is 0 Å². The van der Waals surface area contributed by atoms with Crippen LogP contribution in [-0.2, 0) is 0 Å². The molecule has 17 heavy (non-hydrogen) atoms. The highest BCUT2D eigenvalue weighted by Crippen LogP contribution is 2.16. The molecule has 0 fully saturated rings. The molecule has 0 aromatic heterocycles. The summed E-state index contributed by atoms with van der Waals surface area (Å²) >= 11 is 0. The molecule has 0 amide bonds. The van der Waals surface area contributed by atoms with Crippen LogP contribution in [-0.4, -0.2) is 30.6 Å². The van der Waals surface area contributed by atoms with Crippen molar-refractivity contribution in [1.29, 1.82) is 0 Å². The minimum atomic E-state index is 0.312. The Morgan fingerprint density at radius 3 is 2.41 bits per heavy atom. The average molecular weight is 234 g/mol. The molecule has 1 rings (SSSR count). The second kappa shape index (κ2) is 6.65. The van der Waals surface area contributed by atoms with Crippen LogP contribution in [0.2, 0.25) is 0 Å². The summed E-state index contributed by atoms with van der Waals surface area (Å²) in [4.78, 5) is 2.44. The van der Waals surface area contributed by atoms with Gasteiger partial charge in [0.1, 0.15) is 0 Å². The van der Waals surface area contributed by atoms with Crippen molar-refractivity contribution in [1.82, 2.24) is 4.90 Å². The summed E-state index contributed by atoms with van der Waals surface area (Å²) in [6, 6.07) is 10.4. The predicted octanol–water partition coefficient (Wildman–Crippen LogP) is 3.61. The van der Waals surface area contributed by atoms with Gasteiger partial charge in [-0.3, -0.25) is 0 Å². The fourth-order valence-corrected chi connectivity index (χ4v) is 1.68. The van der Waals surface area contributed by atoms with Crippen LogP contribution in [0.3, 0.4) is 0 Å². The first kappa shape index (κ1) is 14.0.